The van der Waals surface area contributed by atoms with Gasteiger partial charge in [0.15, 0.2) is 0 Å². The Hall–Kier alpha value is -0.120. The zero-order chi connectivity index (χ0) is 12.5. The van der Waals surface area contributed by atoms with Gasteiger partial charge in [-0.2, -0.15) is 0 Å². The fourth-order valence-electron chi connectivity index (χ4n) is 2.92. The summed E-state index contributed by atoms with van der Waals surface area (Å²) in [5, 5.41) is 3.52. The lowest BCUT2D eigenvalue weighted by Gasteiger charge is -2.35. The number of methoxy groups -OCH3 is 1. The van der Waals surface area contributed by atoms with Crippen LogP contribution in [0.2, 0.25) is 0 Å². The van der Waals surface area contributed by atoms with E-state index in [0.717, 1.165) is 19.8 Å². The summed E-state index contributed by atoms with van der Waals surface area (Å²) in [7, 11) is 1.84. The molecule has 1 aliphatic carbocycles. The number of likely N-dealkylation sites (N-methyl/N-ethyl adjacent to an activating group) is 1. The highest BCUT2D eigenvalue weighted by molar-refractivity contribution is 4.84. The first kappa shape index (κ1) is 14.9. The van der Waals surface area contributed by atoms with Gasteiger partial charge in [-0.15, -0.1) is 0 Å². The summed E-state index contributed by atoms with van der Waals surface area (Å²) in [6.07, 6.45) is 7.04. The molecule has 0 amide bonds. The average molecular weight is 243 g/mol. The Balaban J connectivity index is 2.51. The van der Waals surface area contributed by atoms with Crippen LogP contribution in [0, 0.1) is 5.92 Å². The third-order valence-corrected chi connectivity index (χ3v) is 3.75. The van der Waals surface area contributed by atoms with E-state index in [-0.39, 0.29) is 0 Å². The standard InChI is InChI=1S/C14H29NO2/c1-4-15-13(11-17-5-2)14(16-3)12-9-7-6-8-10-12/h12-15H,4-11H2,1-3H3. The highest BCUT2D eigenvalue weighted by Crippen LogP contribution is 2.29. The van der Waals surface area contributed by atoms with Gasteiger partial charge >= 0.3 is 0 Å². The van der Waals surface area contributed by atoms with Crippen molar-refractivity contribution in [2.24, 2.45) is 5.92 Å². The molecule has 0 aromatic heterocycles. The van der Waals surface area contributed by atoms with Crippen molar-refractivity contribution in [3.63, 3.8) is 0 Å². The van der Waals surface area contributed by atoms with E-state index in [1.54, 1.807) is 0 Å². The van der Waals surface area contributed by atoms with Crippen LogP contribution in [0.25, 0.3) is 0 Å². The van der Waals surface area contributed by atoms with Crippen LogP contribution in [-0.4, -0.2) is 39.0 Å². The van der Waals surface area contributed by atoms with E-state index < -0.39 is 0 Å². The molecular weight excluding hydrogens is 214 g/mol. The lowest BCUT2D eigenvalue weighted by atomic mass is 9.82. The van der Waals surface area contributed by atoms with Gasteiger partial charge in [0.25, 0.3) is 0 Å². The SMILES string of the molecule is CCNC(COCC)C(OC)C1CCCCC1. The Morgan fingerprint density at radius 1 is 1.18 bits per heavy atom. The monoisotopic (exact) mass is 243 g/mol. The van der Waals surface area contributed by atoms with Crippen molar-refractivity contribution in [1.29, 1.82) is 0 Å². The van der Waals surface area contributed by atoms with Gasteiger partial charge in [0.05, 0.1) is 18.8 Å². The van der Waals surface area contributed by atoms with Crippen LogP contribution in [0.15, 0.2) is 0 Å². The largest absolute Gasteiger partial charge is 0.380 e. The average Bonchev–Trinajstić information content (AvgIpc) is 2.38. The van der Waals surface area contributed by atoms with Crippen LogP contribution in [0.5, 0.6) is 0 Å². The summed E-state index contributed by atoms with van der Waals surface area (Å²) < 4.78 is 11.3. The molecule has 3 heteroatoms. The maximum absolute atomic E-state index is 5.76. The van der Waals surface area contributed by atoms with Gasteiger partial charge in [0.2, 0.25) is 0 Å². The normalized spacial score (nSPS) is 21.4. The molecule has 1 aliphatic rings. The first-order chi connectivity index (χ1) is 8.33. The van der Waals surface area contributed by atoms with E-state index in [9.17, 15) is 0 Å². The molecule has 2 atom stereocenters. The molecule has 0 saturated heterocycles. The Kier molecular flexibility index (Phi) is 7.82. The summed E-state index contributed by atoms with van der Waals surface area (Å²) in [5.74, 6) is 0.707. The molecule has 0 heterocycles. The quantitative estimate of drug-likeness (QED) is 0.711. The molecule has 0 bridgehead atoms. The van der Waals surface area contributed by atoms with E-state index in [0.29, 0.717) is 18.1 Å². The summed E-state index contributed by atoms with van der Waals surface area (Å²) in [6, 6.07) is 0.341. The second kappa shape index (κ2) is 8.90. The van der Waals surface area contributed by atoms with Crippen LogP contribution < -0.4 is 5.32 Å². The van der Waals surface area contributed by atoms with E-state index in [1.165, 1.54) is 32.1 Å². The van der Waals surface area contributed by atoms with Crippen molar-refractivity contribution in [1.82, 2.24) is 5.32 Å². The van der Waals surface area contributed by atoms with E-state index in [4.69, 9.17) is 9.47 Å². The van der Waals surface area contributed by atoms with Crippen LogP contribution >= 0.6 is 0 Å². The van der Waals surface area contributed by atoms with Crippen LogP contribution in [0.4, 0.5) is 0 Å². The number of nitrogens with one attached hydrogen (secondary N) is 1. The van der Waals surface area contributed by atoms with Crippen molar-refractivity contribution >= 4 is 0 Å². The maximum Gasteiger partial charge on any atom is 0.0774 e. The predicted octanol–water partition coefficient (Wildman–Crippen LogP) is 2.60. The third kappa shape index (κ3) is 4.94. The molecule has 17 heavy (non-hydrogen) atoms. The molecule has 1 saturated carbocycles. The second-order valence-electron chi connectivity index (χ2n) is 4.92. The molecule has 0 spiro atoms. The molecule has 0 aromatic carbocycles. The lowest BCUT2D eigenvalue weighted by Crippen LogP contribution is -2.48. The van der Waals surface area contributed by atoms with E-state index in [1.807, 2.05) is 14.0 Å². The molecule has 0 aromatic rings. The van der Waals surface area contributed by atoms with E-state index in [2.05, 4.69) is 12.2 Å². The number of hydrogen-bond donors (Lipinski definition) is 1. The number of hydrogen-bond acceptors (Lipinski definition) is 3. The van der Waals surface area contributed by atoms with Crippen molar-refractivity contribution in [3.8, 4) is 0 Å². The van der Waals surface area contributed by atoms with Gasteiger partial charge in [-0.1, -0.05) is 26.2 Å². The minimum Gasteiger partial charge on any atom is -0.380 e. The number of ether oxygens (including phenoxy) is 2. The van der Waals surface area contributed by atoms with Gasteiger partial charge in [0.1, 0.15) is 0 Å². The summed E-state index contributed by atoms with van der Waals surface area (Å²) >= 11 is 0. The molecule has 2 unspecified atom stereocenters. The van der Waals surface area contributed by atoms with Gasteiger partial charge in [-0.25, -0.2) is 0 Å². The molecule has 3 nitrogen and oxygen atoms in total. The van der Waals surface area contributed by atoms with E-state index >= 15 is 0 Å². The predicted molar refractivity (Wildman–Crippen MR) is 71.3 cm³/mol. The second-order valence-corrected chi connectivity index (χ2v) is 4.92. The van der Waals surface area contributed by atoms with Crippen molar-refractivity contribution in [2.45, 2.75) is 58.1 Å². The van der Waals surface area contributed by atoms with Crippen LogP contribution in [0.3, 0.4) is 0 Å². The van der Waals surface area contributed by atoms with Gasteiger partial charge in [0, 0.05) is 13.7 Å². The zero-order valence-electron chi connectivity index (χ0n) is 11.7. The Labute approximate surface area is 106 Å². The minimum atomic E-state index is 0.307. The third-order valence-electron chi connectivity index (χ3n) is 3.75. The molecule has 102 valence electrons. The summed E-state index contributed by atoms with van der Waals surface area (Å²) in [6.45, 7) is 6.71. The van der Waals surface area contributed by atoms with Crippen molar-refractivity contribution < 1.29 is 9.47 Å². The Morgan fingerprint density at radius 2 is 1.88 bits per heavy atom. The first-order valence-corrected chi connectivity index (χ1v) is 7.17. The smallest absolute Gasteiger partial charge is 0.0774 e. The highest BCUT2D eigenvalue weighted by atomic mass is 16.5. The maximum atomic E-state index is 5.76. The summed E-state index contributed by atoms with van der Waals surface area (Å²) in [5.41, 5.74) is 0. The fourth-order valence-corrected chi connectivity index (χ4v) is 2.92. The lowest BCUT2D eigenvalue weighted by molar-refractivity contribution is -0.0183. The molecule has 0 radical (unpaired) electrons. The first-order valence-electron chi connectivity index (χ1n) is 7.17. The topological polar surface area (TPSA) is 30.5 Å². The van der Waals surface area contributed by atoms with Crippen molar-refractivity contribution in [3.05, 3.63) is 0 Å². The zero-order valence-corrected chi connectivity index (χ0v) is 11.7. The Bertz CT molecular complexity index is 181. The fraction of sp³-hybridized carbons (Fsp3) is 1.00. The summed E-state index contributed by atoms with van der Waals surface area (Å²) in [4.78, 5) is 0. The van der Waals surface area contributed by atoms with Crippen LogP contribution in [-0.2, 0) is 9.47 Å². The van der Waals surface area contributed by atoms with Crippen LogP contribution in [0.1, 0.15) is 46.0 Å². The van der Waals surface area contributed by atoms with Crippen molar-refractivity contribution in [2.75, 3.05) is 26.9 Å². The Morgan fingerprint density at radius 3 is 2.41 bits per heavy atom. The molecule has 1 N–H and O–H groups in total. The van der Waals surface area contributed by atoms with Gasteiger partial charge < -0.3 is 14.8 Å². The minimum absolute atomic E-state index is 0.307. The number of rotatable bonds is 8. The van der Waals surface area contributed by atoms with Gasteiger partial charge in [-0.05, 0) is 32.2 Å². The molecular formula is C14H29NO2. The molecule has 0 aliphatic heterocycles. The van der Waals surface area contributed by atoms with Gasteiger partial charge in [-0.3, -0.25) is 0 Å². The molecule has 1 rings (SSSR count). The highest BCUT2D eigenvalue weighted by Gasteiger charge is 2.30. The molecule has 1 fully saturated rings.